The van der Waals surface area contributed by atoms with Gasteiger partial charge in [0.2, 0.25) is 0 Å². The van der Waals surface area contributed by atoms with Gasteiger partial charge >= 0.3 is 0 Å². The lowest BCUT2D eigenvalue weighted by Gasteiger charge is -2.12. The fourth-order valence-corrected chi connectivity index (χ4v) is 2.96. The summed E-state index contributed by atoms with van der Waals surface area (Å²) in [5, 5.41) is 6.18. The van der Waals surface area contributed by atoms with E-state index in [-0.39, 0.29) is 36.1 Å². The second-order valence-corrected chi connectivity index (χ2v) is 6.71. The van der Waals surface area contributed by atoms with Gasteiger partial charge in [0.05, 0.1) is 6.54 Å². The number of aromatic nitrogens is 2. The van der Waals surface area contributed by atoms with Crippen LogP contribution in [0.25, 0.3) is 0 Å². The molecule has 5 nitrogen and oxygen atoms in total. The first kappa shape index (κ1) is 23.8. The third kappa shape index (κ3) is 6.79. The number of benzene rings is 2. The predicted octanol–water partition coefficient (Wildman–Crippen LogP) is 4.39. The molecule has 2 N–H and O–H groups in total. The molecule has 0 spiro atoms. The van der Waals surface area contributed by atoms with Crippen LogP contribution in [0.4, 0.5) is 8.78 Å². The number of hydrogen-bond donors (Lipinski definition) is 2. The summed E-state index contributed by atoms with van der Waals surface area (Å²) in [7, 11) is 0. The fourth-order valence-electron chi connectivity index (χ4n) is 2.96. The van der Waals surface area contributed by atoms with Crippen molar-refractivity contribution in [3.05, 3.63) is 89.0 Å². The molecule has 160 valence electrons. The molecule has 0 fully saturated rings. The Morgan fingerprint density at radius 2 is 1.90 bits per heavy atom. The van der Waals surface area contributed by atoms with E-state index in [4.69, 9.17) is 0 Å². The summed E-state index contributed by atoms with van der Waals surface area (Å²) in [6, 6.07) is 11.6. The standard InChI is InChI=1S/C22H25F2N5.HI/c1-3-25-22(28-14-19-12-20(23)7-8-21(19)24)27-13-17-5-4-6-18(11-17)15-29-10-9-26-16(29)2;/h4-12H,3,13-15H2,1-2H3,(H2,25,27,28);1H. The first-order valence-corrected chi connectivity index (χ1v) is 9.57. The maximum absolute atomic E-state index is 13.8. The third-order valence-electron chi connectivity index (χ3n) is 4.49. The van der Waals surface area contributed by atoms with E-state index in [1.807, 2.05) is 32.2 Å². The van der Waals surface area contributed by atoms with Crippen molar-refractivity contribution in [1.29, 1.82) is 0 Å². The highest BCUT2D eigenvalue weighted by Gasteiger charge is 2.06. The molecule has 0 saturated carbocycles. The zero-order chi connectivity index (χ0) is 20.6. The summed E-state index contributed by atoms with van der Waals surface area (Å²) in [6.45, 7) is 5.96. The van der Waals surface area contributed by atoms with Gasteiger partial charge in [-0.3, -0.25) is 0 Å². The quantitative estimate of drug-likeness (QED) is 0.274. The van der Waals surface area contributed by atoms with Crippen LogP contribution < -0.4 is 10.6 Å². The lowest BCUT2D eigenvalue weighted by atomic mass is 10.1. The molecule has 30 heavy (non-hydrogen) atoms. The van der Waals surface area contributed by atoms with Crippen molar-refractivity contribution in [1.82, 2.24) is 20.2 Å². The Bertz CT molecular complexity index is 987. The number of imidazole rings is 1. The Morgan fingerprint density at radius 3 is 2.63 bits per heavy atom. The topological polar surface area (TPSA) is 54.2 Å². The summed E-state index contributed by atoms with van der Waals surface area (Å²) >= 11 is 0. The Balaban J connectivity index is 0.00000320. The van der Waals surface area contributed by atoms with Crippen LogP contribution in [0.3, 0.4) is 0 Å². The Kier molecular flexibility index (Phi) is 9.22. The van der Waals surface area contributed by atoms with E-state index in [2.05, 4.69) is 37.3 Å². The van der Waals surface area contributed by atoms with Gasteiger partial charge in [0, 0.05) is 37.6 Å². The zero-order valence-electron chi connectivity index (χ0n) is 17.0. The van der Waals surface area contributed by atoms with Gasteiger partial charge in [0.25, 0.3) is 0 Å². The smallest absolute Gasteiger partial charge is 0.191 e. The van der Waals surface area contributed by atoms with Gasteiger partial charge in [-0.25, -0.2) is 18.8 Å². The molecule has 0 radical (unpaired) electrons. The number of guanidine groups is 1. The highest BCUT2D eigenvalue weighted by atomic mass is 127. The zero-order valence-corrected chi connectivity index (χ0v) is 19.4. The number of hydrogen-bond acceptors (Lipinski definition) is 2. The maximum Gasteiger partial charge on any atom is 0.191 e. The molecule has 3 rings (SSSR count). The number of nitrogens with one attached hydrogen (secondary N) is 2. The molecule has 0 bridgehead atoms. The van der Waals surface area contributed by atoms with Crippen LogP contribution >= 0.6 is 24.0 Å². The van der Waals surface area contributed by atoms with Crippen LogP contribution in [0.1, 0.15) is 29.4 Å². The largest absolute Gasteiger partial charge is 0.357 e. The summed E-state index contributed by atoms with van der Waals surface area (Å²) in [5.74, 6) is 0.607. The molecule has 0 aliphatic carbocycles. The van der Waals surface area contributed by atoms with E-state index < -0.39 is 11.6 Å². The Morgan fingerprint density at radius 1 is 1.10 bits per heavy atom. The first-order valence-electron chi connectivity index (χ1n) is 9.57. The fraction of sp³-hybridized carbons (Fsp3) is 0.273. The van der Waals surface area contributed by atoms with Crippen molar-refractivity contribution in [3.63, 3.8) is 0 Å². The lowest BCUT2D eigenvalue weighted by molar-refractivity contribution is 0.581. The van der Waals surface area contributed by atoms with Gasteiger partial charge in [-0.05, 0) is 43.2 Å². The number of halogens is 3. The summed E-state index contributed by atoms with van der Waals surface area (Å²) in [5.41, 5.74) is 2.49. The van der Waals surface area contributed by atoms with E-state index in [1.165, 1.54) is 11.6 Å². The molecule has 0 amide bonds. The number of aliphatic imine (C=N–C) groups is 1. The Labute approximate surface area is 192 Å². The molecule has 0 saturated heterocycles. The van der Waals surface area contributed by atoms with Crippen molar-refractivity contribution < 1.29 is 8.78 Å². The van der Waals surface area contributed by atoms with Crippen LogP contribution in [0, 0.1) is 18.6 Å². The average Bonchev–Trinajstić information content (AvgIpc) is 3.11. The van der Waals surface area contributed by atoms with Crippen LogP contribution in [0.2, 0.25) is 0 Å². The predicted molar refractivity (Wildman–Crippen MR) is 126 cm³/mol. The van der Waals surface area contributed by atoms with Gasteiger partial charge in [-0.1, -0.05) is 24.3 Å². The summed E-state index contributed by atoms with van der Waals surface area (Å²) in [6.07, 6.45) is 3.75. The number of nitrogens with zero attached hydrogens (tertiary/aromatic N) is 3. The van der Waals surface area contributed by atoms with Crippen molar-refractivity contribution >= 4 is 29.9 Å². The van der Waals surface area contributed by atoms with Gasteiger partial charge in [0.1, 0.15) is 17.5 Å². The molecule has 1 aromatic heterocycles. The summed E-state index contributed by atoms with van der Waals surface area (Å²) in [4.78, 5) is 8.81. The van der Waals surface area contributed by atoms with Gasteiger partial charge in [0.15, 0.2) is 5.96 Å². The Hall–Kier alpha value is -2.49. The van der Waals surface area contributed by atoms with Gasteiger partial charge < -0.3 is 15.2 Å². The normalized spacial score (nSPS) is 11.1. The van der Waals surface area contributed by atoms with E-state index in [0.717, 1.165) is 30.1 Å². The van der Waals surface area contributed by atoms with E-state index in [1.54, 1.807) is 6.20 Å². The SMILES string of the molecule is CCNC(=NCc1cccc(Cn2ccnc2C)c1)NCc1cc(F)ccc1F.I. The van der Waals surface area contributed by atoms with Crippen LogP contribution in [-0.4, -0.2) is 22.1 Å². The van der Waals surface area contributed by atoms with Crippen LogP contribution in [0.15, 0.2) is 59.9 Å². The van der Waals surface area contributed by atoms with E-state index in [9.17, 15) is 8.78 Å². The highest BCUT2D eigenvalue weighted by molar-refractivity contribution is 14.0. The van der Waals surface area contributed by atoms with E-state index in [0.29, 0.717) is 19.0 Å². The van der Waals surface area contributed by atoms with Crippen molar-refractivity contribution in [3.8, 4) is 0 Å². The molecule has 0 aliphatic heterocycles. The highest BCUT2D eigenvalue weighted by Crippen LogP contribution is 2.11. The third-order valence-corrected chi connectivity index (χ3v) is 4.49. The molecule has 3 aromatic rings. The van der Waals surface area contributed by atoms with Crippen molar-refractivity contribution in [2.75, 3.05) is 6.54 Å². The molecular formula is C22H26F2IN5. The number of aryl methyl sites for hydroxylation is 1. The molecule has 0 unspecified atom stereocenters. The van der Waals surface area contributed by atoms with Crippen molar-refractivity contribution in [2.24, 2.45) is 4.99 Å². The minimum Gasteiger partial charge on any atom is -0.357 e. The molecule has 8 heteroatoms. The van der Waals surface area contributed by atoms with Crippen LogP contribution in [-0.2, 0) is 19.6 Å². The van der Waals surface area contributed by atoms with E-state index >= 15 is 0 Å². The van der Waals surface area contributed by atoms with Gasteiger partial charge in [-0.15, -0.1) is 24.0 Å². The lowest BCUT2D eigenvalue weighted by Crippen LogP contribution is -2.37. The minimum absolute atomic E-state index is 0. The molecule has 2 aromatic carbocycles. The van der Waals surface area contributed by atoms with Crippen LogP contribution in [0.5, 0.6) is 0 Å². The molecular weight excluding hydrogens is 499 g/mol. The monoisotopic (exact) mass is 525 g/mol. The average molecular weight is 525 g/mol. The molecule has 0 atom stereocenters. The summed E-state index contributed by atoms with van der Waals surface area (Å²) < 4.78 is 29.2. The van der Waals surface area contributed by atoms with Gasteiger partial charge in [-0.2, -0.15) is 0 Å². The second kappa shape index (κ2) is 11.6. The minimum atomic E-state index is -0.463. The first-order chi connectivity index (χ1) is 14.0. The van der Waals surface area contributed by atoms with Crippen molar-refractivity contribution in [2.45, 2.75) is 33.5 Å². The molecule has 1 heterocycles. The molecule has 0 aliphatic rings. The number of rotatable bonds is 7. The second-order valence-electron chi connectivity index (χ2n) is 6.71. The maximum atomic E-state index is 13.8.